The van der Waals surface area contributed by atoms with Gasteiger partial charge >= 0.3 is 6.18 Å². The summed E-state index contributed by atoms with van der Waals surface area (Å²) in [6.07, 6.45) is -3.36. The number of anilines is 1. The number of amides is 1. The SMILES string of the molecule is O=C(Nc1cc(Br)cc2c1C(c1cc(F)ccc1Cl)c1[nH]cnc1-2)c1cc(F)cc(C(F)(F)F)c1. The van der Waals surface area contributed by atoms with E-state index in [9.17, 15) is 26.7 Å². The zero-order valence-electron chi connectivity index (χ0n) is 17.3. The molecule has 178 valence electrons. The summed E-state index contributed by atoms with van der Waals surface area (Å²) in [6.45, 7) is 0. The minimum Gasteiger partial charge on any atom is -0.347 e. The Bertz CT molecular complexity index is 1500. The van der Waals surface area contributed by atoms with Crippen molar-refractivity contribution in [2.45, 2.75) is 12.1 Å². The Balaban J connectivity index is 1.64. The maximum absolute atomic E-state index is 14.2. The second kappa shape index (κ2) is 8.46. The van der Waals surface area contributed by atoms with Crippen LogP contribution in [0.4, 0.5) is 27.6 Å². The zero-order chi connectivity index (χ0) is 25.1. The zero-order valence-corrected chi connectivity index (χ0v) is 19.6. The lowest BCUT2D eigenvalue weighted by Crippen LogP contribution is -2.16. The summed E-state index contributed by atoms with van der Waals surface area (Å²) in [5, 5.41) is 2.85. The van der Waals surface area contributed by atoms with Gasteiger partial charge < -0.3 is 10.3 Å². The third kappa shape index (κ3) is 4.21. The lowest BCUT2D eigenvalue weighted by molar-refractivity contribution is -0.137. The number of hydrogen-bond acceptors (Lipinski definition) is 2. The van der Waals surface area contributed by atoms with Crippen LogP contribution in [0.1, 0.15) is 38.7 Å². The smallest absolute Gasteiger partial charge is 0.347 e. The average molecular weight is 569 g/mol. The largest absolute Gasteiger partial charge is 0.416 e. The van der Waals surface area contributed by atoms with E-state index < -0.39 is 40.8 Å². The van der Waals surface area contributed by atoms with Crippen molar-refractivity contribution in [3.05, 3.63) is 104 Å². The van der Waals surface area contributed by atoms with E-state index in [4.69, 9.17) is 11.6 Å². The minimum absolute atomic E-state index is 0.217. The van der Waals surface area contributed by atoms with Gasteiger partial charge in [0.25, 0.3) is 5.91 Å². The summed E-state index contributed by atoms with van der Waals surface area (Å²) in [5.41, 5.74) is 1.08. The van der Waals surface area contributed by atoms with Crippen molar-refractivity contribution in [2.24, 2.45) is 0 Å². The first-order valence-corrected chi connectivity index (χ1v) is 11.2. The molecule has 1 heterocycles. The summed E-state index contributed by atoms with van der Waals surface area (Å²) in [4.78, 5) is 20.3. The highest BCUT2D eigenvalue weighted by molar-refractivity contribution is 9.10. The molecule has 0 spiro atoms. The van der Waals surface area contributed by atoms with Crippen molar-refractivity contribution in [3.63, 3.8) is 0 Å². The van der Waals surface area contributed by atoms with E-state index in [2.05, 4.69) is 31.2 Å². The Morgan fingerprint density at radius 3 is 2.57 bits per heavy atom. The molecular weight excluding hydrogens is 557 g/mol. The number of hydrogen-bond donors (Lipinski definition) is 2. The number of nitrogens with zero attached hydrogens (tertiary/aromatic N) is 1. The molecule has 1 atom stereocenters. The number of H-pyrrole nitrogens is 1. The molecule has 35 heavy (non-hydrogen) atoms. The summed E-state index contributed by atoms with van der Waals surface area (Å²) < 4.78 is 68.0. The molecule has 5 rings (SSSR count). The molecule has 1 amide bonds. The molecule has 0 fully saturated rings. The average Bonchev–Trinajstić information content (AvgIpc) is 3.36. The van der Waals surface area contributed by atoms with Gasteiger partial charge in [0, 0.05) is 26.3 Å². The Kier molecular flexibility index (Phi) is 5.68. The number of carbonyl (C=O) groups is 1. The van der Waals surface area contributed by atoms with Gasteiger partial charge in [0.2, 0.25) is 0 Å². The molecule has 2 N–H and O–H groups in total. The Labute approximate surface area is 208 Å². The van der Waals surface area contributed by atoms with Gasteiger partial charge in [0.05, 0.1) is 29.2 Å². The first-order chi connectivity index (χ1) is 16.5. The van der Waals surface area contributed by atoms with Gasteiger partial charge in [-0.25, -0.2) is 13.8 Å². The van der Waals surface area contributed by atoms with Crippen LogP contribution in [0.2, 0.25) is 5.02 Å². The Morgan fingerprint density at radius 1 is 1.06 bits per heavy atom. The van der Waals surface area contributed by atoms with E-state index in [1.807, 2.05) is 0 Å². The molecule has 0 saturated heterocycles. The number of halogens is 7. The Hall–Kier alpha value is -3.24. The highest BCUT2D eigenvalue weighted by atomic mass is 79.9. The minimum atomic E-state index is -4.83. The van der Waals surface area contributed by atoms with Crippen molar-refractivity contribution in [2.75, 3.05) is 5.32 Å². The summed E-state index contributed by atoms with van der Waals surface area (Å²) in [6, 6.07) is 8.78. The van der Waals surface area contributed by atoms with Crippen LogP contribution in [0.5, 0.6) is 0 Å². The fraction of sp³-hybridized carbons (Fsp3) is 0.0833. The van der Waals surface area contributed by atoms with E-state index in [1.54, 1.807) is 12.1 Å². The number of nitrogens with one attached hydrogen (secondary N) is 2. The maximum Gasteiger partial charge on any atom is 0.416 e. The number of imidazole rings is 1. The number of benzene rings is 3. The van der Waals surface area contributed by atoms with E-state index in [-0.39, 0.29) is 10.7 Å². The van der Waals surface area contributed by atoms with Crippen LogP contribution in [0.25, 0.3) is 11.3 Å². The number of alkyl halides is 3. The van der Waals surface area contributed by atoms with E-state index in [0.717, 1.165) is 0 Å². The molecule has 3 aromatic carbocycles. The first kappa shape index (κ1) is 23.5. The molecule has 0 bridgehead atoms. The first-order valence-electron chi connectivity index (χ1n) is 10.0. The molecule has 1 aromatic heterocycles. The van der Waals surface area contributed by atoms with Crippen LogP contribution in [0.15, 0.2) is 59.3 Å². The van der Waals surface area contributed by atoms with Gasteiger partial charge in [-0.1, -0.05) is 27.5 Å². The molecule has 4 aromatic rings. The predicted octanol–water partition coefficient (Wildman–Crippen LogP) is 7.54. The number of carbonyl (C=O) groups excluding carboxylic acids is 1. The van der Waals surface area contributed by atoms with Crippen molar-refractivity contribution in [1.29, 1.82) is 0 Å². The highest BCUT2D eigenvalue weighted by Crippen LogP contribution is 2.52. The van der Waals surface area contributed by atoms with Crippen molar-refractivity contribution < 1.29 is 26.7 Å². The van der Waals surface area contributed by atoms with Crippen LogP contribution < -0.4 is 5.32 Å². The lowest BCUT2D eigenvalue weighted by Gasteiger charge is -2.19. The van der Waals surface area contributed by atoms with Gasteiger partial charge in [-0.3, -0.25) is 4.79 Å². The highest BCUT2D eigenvalue weighted by Gasteiger charge is 2.37. The summed E-state index contributed by atoms with van der Waals surface area (Å²) in [7, 11) is 0. The quantitative estimate of drug-likeness (QED) is 0.221. The molecule has 0 saturated carbocycles. The number of rotatable bonds is 3. The monoisotopic (exact) mass is 567 g/mol. The van der Waals surface area contributed by atoms with Crippen LogP contribution >= 0.6 is 27.5 Å². The van der Waals surface area contributed by atoms with Gasteiger partial charge in [-0.15, -0.1) is 0 Å². The molecule has 11 heteroatoms. The van der Waals surface area contributed by atoms with Gasteiger partial charge in [0.15, 0.2) is 0 Å². The standard InChI is InChI=1S/C24H12BrClF5N3O/c25-12-6-16-19(20(22-21(16)32-9-33-22)15-8-13(27)1-2-17(15)26)18(7-12)34-23(35)10-3-11(24(29,30)31)5-14(28)4-10/h1-9,20H,(H,32,33)(H,34,35). The molecule has 4 nitrogen and oxygen atoms in total. The van der Waals surface area contributed by atoms with E-state index in [0.29, 0.717) is 50.8 Å². The third-order valence-corrected chi connectivity index (χ3v) is 6.45. The lowest BCUT2D eigenvalue weighted by atomic mass is 9.90. The molecule has 0 radical (unpaired) electrons. The van der Waals surface area contributed by atoms with Crippen LogP contribution in [-0.4, -0.2) is 15.9 Å². The number of aromatic amines is 1. The van der Waals surface area contributed by atoms with Gasteiger partial charge in [-0.05, 0) is 59.7 Å². The summed E-state index contributed by atoms with van der Waals surface area (Å²) >= 11 is 9.76. The molecular formula is C24H12BrClF5N3O. The van der Waals surface area contributed by atoms with Crippen LogP contribution in [0.3, 0.4) is 0 Å². The maximum atomic E-state index is 14.2. The van der Waals surface area contributed by atoms with E-state index in [1.165, 1.54) is 24.5 Å². The van der Waals surface area contributed by atoms with Gasteiger partial charge in [-0.2, -0.15) is 13.2 Å². The van der Waals surface area contributed by atoms with Crippen LogP contribution in [-0.2, 0) is 6.18 Å². The predicted molar refractivity (Wildman–Crippen MR) is 123 cm³/mol. The molecule has 1 aliphatic carbocycles. The molecule has 1 unspecified atom stereocenters. The normalized spacial score (nSPS) is 14.5. The van der Waals surface area contributed by atoms with Crippen LogP contribution in [0, 0.1) is 11.6 Å². The topological polar surface area (TPSA) is 57.8 Å². The van der Waals surface area contributed by atoms with E-state index >= 15 is 0 Å². The Morgan fingerprint density at radius 2 is 1.83 bits per heavy atom. The molecule has 0 aliphatic heterocycles. The van der Waals surface area contributed by atoms with Gasteiger partial charge in [0.1, 0.15) is 11.6 Å². The third-order valence-electron chi connectivity index (χ3n) is 5.65. The fourth-order valence-corrected chi connectivity index (χ4v) is 4.92. The second-order valence-corrected chi connectivity index (χ2v) is 9.18. The fourth-order valence-electron chi connectivity index (χ4n) is 4.24. The number of aromatic nitrogens is 2. The van der Waals surface area contributed by atoms with Crippen molar-refractivity contribution in [1.82, 2.24) is 9.97 Å². The van der Waals surface area contributed by atoms with Crippen molar-refractivity contribution >= 4 is 39.1 Å². The summed E-state index contributed by atoms with van der Waals surface area (Å²) in [5.74, 6) is -3.34. The number of fused-ring (bicyclic) bond motifs is 3. The second-order valence-electron chi connectivity index (χ2n) is 7.86. The van der Waals surface area contributed by atoms with Crippen molar-refractivity contribution in [3.8, 4) is 11.3 Å². The molecule has 1 aliphatic rings.